The molecule has 1 aliphatic rings. The number of aromatic amines is 1. The molecule has 4 nitrogen and oxygen atoms in total. The van der Waals surface area contributed by atoms with Crippen LogP contribution < -0.4 is 10.1 Å². The largest absolute Gasteiger partial charge is 0.496 e. The van der Waals surface area contributed by atoms with E-state index in [4.69, 9.17) is 4.74 Å². The van der Waals surface area contributed by atoms with Crippen LogP contribution in [0.25, 0.3) is 0 Å². The number of nitrogens with zero attached hydrogens (tertiary/aromatic N) is 1. The van der Waals surface area contributed by atoms with E-state index in [1.165, 1.54) is 5.56 Å². The van der Waals surface area contributed by atoms with Gasteiger partial charge in [-0.25, -0.2) is 0 Å². The Morgan fingerprint density at radius 1 is 1.25 bits per heavy atom. The monoisotopic (exact) mass is 271 g/mol. The standard InChI is InChI=1S/C16H21N3O/c1-10-16(11(2)19-18-10)17-13-8-12(9-13)14-6-4-5-7-15(14)20-3/h4-7,12-13,17H,8-9H2,1-3H3,(H,18,19). The molecule has 4 heteroatoms. The molecule has 0 saturated heterocycles. The van der Waals surface area contributed by atoms with Gasteiger partial charge in [0.1, 0.15) is 5.75 Å². The zero-order valence-electron chi connectivity index (χ0n) is 12.2. The fourth-order valence-electron chi connectivity index (χ4n) is 2.96. The van der Waals surface area contributed by atoms with Gasteiger partial charge in [0, 0.05) is 6.04 Å². The van der Waals surface area contributed by atoms with Gasteiger partial charge in [-0.2, -0.15) is 5.10 Å². The number of hydrogen-bond donors (Lipinski definition) is 2. The fourth-order valence-corrected chi connectivity index (χ4v) is 2.96. The SMILES string of the molecule is COc1ccccc1C1CC(Nc2c(C)n[nH]c2C)C1. The highest BCUT2D eigenvalue weighted by atomic mass is 16.5. The van der Waals surface area contributed by atoms with Crippen LogP contribution in [0.4, 0.5) is 5.69 Å². The summed E-state index contributed by atoms with van der Waals surface area (Å²) in [5, 5.41) is 10.8. The lowest BCUT2D eigenvalue weighted by molar-refractivity contribution is 0.349. The van der Waals surface area contributed by atoms with Crippen LogP contribution in [-0.4, -0.2) is 23.3 Å². The van der Waals surface area contributed by atoms with E-state index < -0.39 is 0 Å². The second-order valence-electron chi connectivity index (χ2n) is 5.56. The first-order chi connectivity index (χ1) is 9.69. The molecule has 1 fully saturated rings. The summed E-state index contributed by atoms with van der Waals surface area (Å²) in [6.45, 7) is 4.08. The molecule has 0 radical (unpaired) electrons. The van der Waals surface area contributed by atoms with Gasteiger partial charge in [-0.05, 0) is 44.2 Å². The molecule has 3 rings (SSSR count). The average molecular weight is 271 g/mol. The number of H-pyrrole nitrogens is 1. The summed E-state index contributed by atoms with van der Waals surface area (Å²) >= 11 is 0. The van der Waals surface area contributed by atoms with Crippen molar-refractivity contribution in [3.8, 4) is 5.75 Å². The summed E-state index contributed by atoms with van der Waals surface area (Å²) < 4.78 is 5.45. The van der Waals surface area contributed by atoms with Gasteiger partial charge >= 0.3 is 0 Å². The van der Waals surface area contributed by atoms with Crippen molar-refractivity contribution in [3.63, 3.8) is 0 Å². The van der Waals surface area contributed by atoms with E-state index in [-0.39, 0.29) is 0 Å². The Morgan fingerprint density at radius 2 is 2.00 bits per heavy atom. The summed E-state index contributed by atoms with van der Waals surface area (Å²) in [6.07, 6.45) is 2.29. The number of nitrogens with one attached hydrogen (secondary N) is 2. The predicted molar refractivity (Wildman–Crippen MR) is 80.4 cm³/mol. The van der Waals surface area contributed by atoms with Crippen molar-refractivity contribution >= 4 is 5.69 Å². The summed E-state index contributed by atoms with van der Waals surface area (Å²) in [5.41, 5.74) is 4.65. The molecule has 2 N–H and O–H groups in total. The van der Waals surface area contributed by atoms with Crippen LogP contribution in [0, 0.1) is 13.8 Å². The van der Waals surface area contributed by atoms with Crippen molar-refractivity contribution in [3.05, 3.63) is 41.2 Å². The second-order valence-corrected chi connectivity index (χ2v) is 5.56. The van der Waals surface area contributed by atoms with Gasteiger partial charge in [0.25, 0.3) is 0 Å². The van der Waals surface area contributed by atoms with Crippen LogP contribution in [0.2, 0.25) is 0 Å². The first kappa shape index (κ1) is 13.0. The van der Waals surface area contributed by atoms with Crippen LogP contribution in [0.15, 0.2) is 24.3 Å². The van der Waals surface area contributed by atoms with E-state index in [2.05, 4.69) is 34.6 Å². The van der Waals surface area contributed by atoms with Crippen LogP contribution >= 0.6 is 0 Å². The zero-order chi connectivity index (χ0) is 14.1. The first-order valence-electron chi connectivity index (χ1n) is 7.10. The van der Waals surface area contributed by atoms with Gasteiger partial charge in [-0.1, -0.05) is 18.2 Å². The minimum absolute atomic E-state index is 0.528. The lowest BCUT2D eigenvalue weighted by Gasteiger charge is -2.37. The number of aryl methyl sites for hydroxylation is 2. The molecule has 0 spiro atoms. The molecule has 0 aliphatic heterocycles. The van der Waals surface area contributed by atoms with Gasteiger partial charge in [-0.15, -0.1) is 0 Å². The number of ether oxygens (including phenoxy) is 1. The smallest absolute Gasteiger partial charge is 0.122 e. The number of anilines is 1. The number of methoxy groups -OCH3 is 1. The third kappa shape index (κ3) is 2.26. The molecule has 2 aromatic rings. The van der Waals surface area contributed by atoms with Crippen molar-refractivity contribution < 1.29 is 4.74 Å². The molecular weight excluding hydrogens is 250 g/mol. The molecule has 0 amide bonds. The maximum absolute atomic E-state index is 5.45. The fraction of sp³-hybridized carbons (Fsp3) is 0.438. The Bertz CT molecular complexity index is 580. The average Bonchev–Trinajstić information content (AvgIpc) is 2.73. The number of benzene rings is 1. The quantitative estimate of drug-likeness (QED) is 0.896. The molecule has 1 aromatic carbocycles. The summed E-state index contributed by atoms with van der Waals surface area (Å²) in [6, 6.07) is 8.85. The molecule has 0 atom stereocenters. The normalized spacial score (nSPS) is 21.4. The minimum atomic E-state index is 0.528. The molecule has 0 bridgehead atoms. The Labute approximate surface area is 119 Å². The molecule has 106 valence electrons. The summed E-state index contributed by atoms with van der Waals surface area (Å²) in [4.78, 5) is 0. The van der Waals surface area contributed by atoms with E-state index in [1.807, 2.05) is 19.1 Å². The Kier molecular flexibility index (Phi) is 3.38. The lowest BCUT2D eigenvalue weighted by atomic mass is 9.75. The van der Waals surface area contributed by atoms with Gasteiger partial charge in [-0.3, -0.25) is 5.10 Å². The molecular formula is C16H21N3O. The number of rotatable bonds is 4. The van der Waals surface area contributed by atoms with E-state index in [1.54, 1.807) is 7.11 Å². The van der Waals surface area contributed by atoms with Crippen LogP contribution in [-0.2, 0) is 0 Å². The maximum Gasteiger partial charge on any atom is 0.122 e. The number of para-hydroxylation sites is 1. The van der Waals surface area contributed by atoms with Gasteiger partial charge in [0.05, 0.1) is 24.2 Å². The third-order valence-corrected chi connectivity index (χ3v) is 4.19. The van der Waals surface area contributed by atoms with E-state index >= 15 is 0 Å². The highest BCUT2D eigenvalue weighted by Gasteiger charge is 2.32. The number of hydrogen-bond acceptors (Lipinski definition) is 3. The van der Waals surface area contributed by atoms with Gasteiger partial charge < -0.3 is 10.1 Å². The number of aromatic nitrogens is 2. The van der Waals surface area contributed by atoms with E-state index in [0.717, 1.165) is 35.7 Å². The molecule has 1 aliphatic carbocycles. The summed E-state index contributed by atoms with van der Waals surface area (Å²) in [5.74, 6) is 1.60. The third-order valence-electron chi connectivity index (χ3n) is 4.19. The van der Waals surface area contributed by atoms with Gasteiger partial charge in [0.2, 0.25) is 0 Å². The minimum Gasteiger partial charge on any atom is -0.496 e. The van der Waals surface area contributed by atoms with Crippen molar-refractivity contribution in [1.82, 2.24) is 10.2 Å². The van der Waals surface area contributed by atoms with E-state index in [0.29, 0.717) is 12.0 Å². The first-order valence-corrected chi connectivity index (χ1v) is 7.10. The van der Waals surface area contributed by atoms with Crippen molar-refractivity contribution in [2.45, 2.75) is 38.6 Å². The second kappa shape index (κ2) is 5.19. The maximum atomic E-state index is 5.45. The highest BCUT2D eigenvalue weighted by molar-refractivity contribution is 5.53. The van der Waals surface area contributed by atoms with E-state index in [9.17, 15) is 0 Å². The van der Waals surface area contributed by atoms with Crippen molar-refractivity contribution in [2.24, 2.45) is 0 Å². The zero-order valence-corrected chi connectivity index (χ0v) is 12.2. The van der Waals surface area contributed by atoms with Crippen LogP contribution in [0.5, 0.6) is 5.75 Å². The highest BCUT2D eigenvalue weighted by Crippen LogP contribution is 2.42. The Balaban J connectivity index is 1.64. The molecule has 1 aromatic heterocycles. The summed E-state index contributed by atoms with van der Waals surface area (Å²) in [7, 11) is 1.74. The molecule has 20 heavy (non-hydrogen) atoms. The van der Waals surface area contributed by atoms with Crippen molar-refractivity contribution in [2.75, 3.05) is 12.4 Å². The van der Waals surface area contributed by atoms with Gasteiger partial charge in [0.15, 0.2) is 0 Å². The molecule has 0 unspecified atom stereocenters. The topological polar surface area (TPSA) is 49.9 Å². The lowest BCUT2D eigenvalue weighted by Crippen LogP contribution is -2.34. The Morgan fingerprint density at radius 3 is 2.65 bits per heavy atom. The van der Waals surface area contributed by atoms with Crippen LogP contribution in [0.1, 0.15) is 35.7 Å². The predicted octanol–water partition coefficient (Wildman–Crippen LogP) is 3.39. The Hall–Kier alpha value is -1.97. The molecule has 1 heterocycles. The van der Waals surface area contributed by atoms with Crippen LogP contribution in [0.3, 0.4) is 0 Å². The van der Waals surface area contributed by atoms with Crippen molar-refractivity contribution in [1.29, 1.82) is 0 Å². The molecule has 1 saturated carbocycles.